The van der Waals surface area contributed by atoms with Gasteiger partial charge in [0.05, 0.1) is 22.8 Å². The van der Waals surface area contributed by atoms with E-state index < -0.39 is 0 Å². The van der Waals surface area contributed by atoms with Crippen molar-refractivity contribution in [2.75, 3.05) is 0 Å². The summed E-state index contributed by atoms with van der Waals surface area (Å²) in [5.41, 5.74) is 22.2. The van der Waals surface area contributed by atoms with Crippen LogP contribution in [-0.2, 0) is 0 Å². The van der Waals surface area contributed by atoms with Crippen molar-refractivity contribution in [2.24, 2.45) is 10.9 Å². The highest BCUT2D eigenvalue weighted by Crippen LogP contribution is 2.39. The summed E-state index contributed by atoms with van der Waals surface area (Å²) in [5.74, 6) is 0.851. The number of allylic oxidation sites excluding steroid dienone is 3. The summed E-state index contributed by atoms with van der Waals surface area (Å²) in [6, 6.07) is 75.5. The third-order valence-corrected chi connectivity index (χ3v) is 12.6. The molecule has 1 aliphatic heterocycles. The molecule has 0 spiro atoms. The fourth-order valence-corrected chi connectivity index (χ4v) is 8.68. The molecule has 0 bridgehead atoms. The number of aliphatic imine (C=N–C) groups is 1. The van der Waals surface area contributed by atoms with Gasteiger partial charge in [0.2, 0.25) is 0 Å². The summed E-state index contributed by atoms with van der Waals surface area (Å²) in [5, 5.41) is 0. The Hall–Kier alpha value is -8.01. The summed E-state index contributed by atoms with van der Waals surface area (Å²) in [6.07, 6.45) is 2.31. The van der Waals surface area contributed by atoms with Crippen molar-refractivity contribution in [1.82, 2.24) is 9.97 Å². The second-order valence-electron chi connectivity index (χ2n) is 17.1. The van der Waals surface area contributed by atoms with Gasteiger partial charge in [-0.05, 0) is 95.1 Å². The van der Waals surface area contributed by atoms with Crippen LogP contribution in [0.15, 0.2) is 229 Å². The number of aryl methyl sites for hydroxylation is 2. The van der Waals surface area contributed by atoms with Crippen molar-refractivity contribution >= 4 is 17.0 Å². The van der Waals surface area contributed by atoms with E-state index in [1.54, 1.807) is 0 Å². The zero-order valence-electron chi connectivity index (χ0n) is 37.2. The molecule has 65 heavy (non-hydrogen) atoms. The summed E-state index contributed by atoms with van der Waals surface area (Å²) >= 11 is 0. The fourth-order valence-electron chi connectivity index (χ4n) is 8.68. The quantitative estimate of drug-likeness (QED) is 0.145. The molecule has 3 nitrogen and oxygen atoms in total. The van der Waals surface area contributed by atoms with Gasteiger partial charge in [0, 0.05) is 33.7 Å². The van der Waals surface area contributed by atoms with Gasteiger partial charge in [-0.15, -0.1) is 0 Å². The molecule has 0 N–H and O–H groups in total. The molecule has 3 heteroatoms. The van der Waals surface area contributed by atoms with E-state index >= 15 is 0 Å². The first-order valence-corrected chi connectivity index (χ1v) is 22.4. The molecule has 0 aliphatic carbocycles. The average Bonchev–Trinajstić information content (AvgIpc) is 3.50. The summed E-state index contributed by atoms with van der Waals surface area (Å²) in [4.78, 5) is 15.6. The zero-order chi connectivity index (χ0) is 44.3. The molecule has 1 aliphatic rings. The van der Waals surface area contributed by atoms with E-state index in [-0.39, 0.29) is 5.92 Å². The van der Waals surface area contributed by atoms with Gasteiger partial charge in [-0.2, -0.15) is 0 Å². The van der Waals surface area contributed by atoms with Gasteiger partial charge in [0.25, 0.3) is 0 Å². The first-order chi connectivity index (χ1) is 31.8. The molecule has 1 aromatic heterocycles. The van der Waals surface area contributed by atoms with Gasteiger partial charge in [0.1, 0.15) is 0 Å². The van der Waals surface area contributed by atoms with Gasteiger partial charge in [-0.3, -0.25) is 0 Å². The molecular formula is C62H49N3. The number of benzene rings is 8. The summed E-state index contributed by atoms with van der Waals surface area (Å²) in [6.45, 7) is 8.78. The van der Waals surface area contributed by atoms with Crippen LogP contribution in [-0.4, -0.2) is 15.7 Å². The lowest BCUT2D eigenvalue weighted by molar-refractivity contribution is 0.888. The van der Waals surface area contributed by atoms with Crippen LogP contribution in [0, 0.1) is 19.8 Å². The van der Waals surface area contributed by atoms with Gasteiger partial charge in [0.15, 0.2) is 5.82 Å². The van der Waals surface area contributed by atoms with E-state index in [0.717, 1.165) is 72.9 Å². The van der Waals surface area contributed by atoms with Crippen LogP contribution in [0.1, 0.15) is 41.7 Å². The predicted molar refractivity (Wildman–Crippen MR) is 273 cm³/mol. The second-order valence-corrected chi connectivity index (χ2v) is 17.1. The maximum atomic E-state index is 5.49. The normalized spacial score (nSPS) is 13.8. The number of hydrogen-bond donors (Lipinski definition) is 0. The van der Waals surface area contributed by atoms with Crippen molar-refractivity contribution in [3.8, 4) is 67.3 Å². The molecule has 2 heterocycles. The largest absolute Gasteiger partial charge is 0.248 e. The molecular weight excluding hydrogens is 787 g/mol. The van der Waals surface area contributed by atoms with Crippen LogP contribution in [0.25, 0.3) is 78.6 Å². The first-order valence-electron chi connectivity index (χ1n) is 22.4. The standard InChI is InChI=1S/C62H49N3/c1-41-21-25-45(26-22-41)46-29-33-48(34-30-46)57-39-58(63-61(44(4)43(57)3)51-15-9-6-10-16-51)56-20-12-19-55(38-56)54-18-11-17-53(37-54)47-31-35-52(36-32-47)62-64-59(49-13-7-5-8-14-49)40-60(65-62)50-27-23-42(2)24-28-50/h5-40,43H,1-4H3. The molecule has 1 unspecified atom stereocenters. The second kappa shape index (κ2) is 18.0. The number of hydrogen-bond acceptors (Lipinski definition) is 3. The zero-order valence-corrected chi connectivity index (χ0v) is 37.2. The molecule has 0 fully saturated rings. The van der Waals surface area contributed by atoms with Gasteiger partial charge >= 0.3 is 0 Å². The Morgan fingerprint density at radius 3 is 1.31 bits per heavy atom. The minimum atomic E-state index is 0.151. The lowest BCUT2D eigenvalue weighted by atomic mass is 9.85. The molecule has 8 aromatic carbocycles. The van der Waals surface area contributed by atoms with E-state index in [0.29, 0.717) is 5.82 Å². The van der Waals surface area contributed by atoms with Crippen LogP contribution < -0.4 is 0 Å². The van der Waals surface area contributed by atoms with Gasteiger partial charge in [-0.25, -0.2) is 15.0 Å². The summed E-state index contributed by atoms with van der Waals surface area (Å²) < 4.78 is 0. The van der Waals surface area contributed by atoms with Gasteiger partial charge < -0.3 is 0 Å². The molecule has 312 valence electrons. The number of aromatic nitrogens is 2. The SMILES string of the molecule is CC1=C(c2ccccc2)N=C(c2cccc(-c3cccc(-c4ccc(-c5nc(-c6ccccc6)cc(-c6ccc(C)cc6)n5)cc4)c3)c2)C=C(c2ccc(-c3ccc(C)cc3)cc2)C1C. The van der Waals surface area contributed by atoms with Crippen molar-refractivity contribution in [1.29, 1.82) is 0 Å². The van der Waals surface area contributed by atoms with E-state index in [4.69, 9.17) is 15.0 Å². The Kier molecular flexibility index (Phi) is 11.4. The minimum absolute atomic E-state index is 0.151. The third-order valence-electron chi connectivity index (χ3n) is 12.6. The molecule has 1 atom stereocenters. The van der Waals surface area contributed by atoms with Crippen LogP contribution in [0.3, 0.4) is 0 Å². The number of nitrogens with zero attached hydrogens (tertiary/aromatic N) is 3. The van der Waals surface area contributed by atoms with E-state index in [1.807, 2.05) is 18.2 Å². The molecule has 0 saturated heterocycles. The topological polar surface area (TPSA) is 38.1 Å². The summed E-state index contributed by atoms with van der Waals surface area (Å²) in [7, 11) is 0. The van der Waals surface area contributed by atoms with E-state index in [1.165, 1.54) is 39.0 Å². The van der Waals surface area contributed by atoms with Crippen molar-refractivity contribution < 1.29 is 0 Å². The Morgan fingerprint density at radius 1 is 0.338 bits per heavy atom. The van der Waals surface area contributed by atoms with Crippen LogP contribution in [0.4, 0.5) is 0 Å². The molecule has 0 amide bonds. The van der Waals surface area contributed by atoms with Crippen LogP contribution in [0.2, 0.25) is 0 Å². The molecule has 9 aromatic rings. The molecule has 0 saturated carbocycles. The maximum Gasteiger partial charge on any atom is 0.160 e. The van der Waals surface area contributed by atoms with Gasteiger partial charge in [-0.1, -0.05) is 212 Å². The molecule has 10 rings (SSSR count). The Labute approximate surface area is 382 Å². The van der Waals surface area contributed by atoms with Crippen LogP contribution >= 0.6 is 0 Å². The third kappa shape index (κ3) is 8.83. The monoisotopic (exact) mass is 835 g/mol. The first kappa shape index (κ1) is 41.0. The highest BCUT2D eigenvalue weighted by molar-refractivity contribution is 6.16. The Balaban J connectivity index is 0.980. The van der Waals surface area contributed by atoms with Crippen LogP contribution in [0.5, 0.6) is 0 Å². The van der Waals surface area contributed by atoms with Crippen molar-refractivity contribution in [3.63, 3.8) is 0 Å². The Morgan fingerprint density at radius 2 is 0.738 bits per heavy atom. The Bertz CT molecular complexity index is 3230. The average molecular weight is 836 g/mol. The smallest absolute Gasteiger partial charge is 0.160 e. The lowest BCUT2D eigenvalue weighted by Crippen LogP contribution is -2.03. The molecule has 0 radical (unpaired) electrons. The van der Waals surface area contributed by atoms with Crippen molar-refractivity contribution in [2.45, 2.75) is 27.7 Å². The fraction of sp³-hybridized carbons (Fsp3) is 0.0806. The minimum Gasteiger partial charge on any atom is -0.248 e. The van der Waals surface area contributed by atoms with E-state index in [9.17, 15) is 0 Å². The highest BCUT2D eigenvalue weighted by Gasteiger charge is 2.23. The lowest BCUT2D eigenvalue weighted by Gasteiger charge is -2.18. The van der Waals surface area contributed by atoms with E-state index in [2.05, 4.69) is 228 Å². The van der Waals surface area contributed by atoms with Crippen molar-refractivity contribution in [3.05, 3.63) is 252 Å². The highest BCUT2D eigenvalue weighted by atomic mass is 14.9. The predicted octanol–water partition coefficient (Wildman–Crippen LogP) is 16.0. The maximum absolute atomic E-state index is 5.49. The number of rotatable bonds is 9.